The van der Waals surface area contributed by atoms with E-state index >= 15 is 0 Å². The molecule has 1 aliphatic rings. The standard InChI is InChI=1S/C19H20N4O3S/c1-14-5-7-16(8-6-14)27(25,26)22-11-9-17-18(13-22)21-23(19(17)24)12-15-4-2-3-10-20-15/h2-8,10,21H,9,11-13H2,1H3. The Kier molecular flexibility index (Phi) is 4.45. The van der Waals surface area contributed by atoms with Gasteiger partial charge >= 0.3 is 0 Å². The molecule has 8 heteroatoms. The van der Waals surface area contributed by atoms with Gasteiger partial charge in [0, 0.05) is 18.3 Å². The van der Waals surface area contributed by atoms with Crippen LogP contribution in [0.1, 0.15) is 22.5 Å². The number of aromatic amines is 1. The van der Waals surface area contributed by atoms with Gasteiger partial charge in [0.25, 0.3) is 5.56 Å². The first-order valence-electron chi connectivity index (χ1n) is 8.72. The van der Waals surface area contributed by atoms with Crippen LogP contribution in [0.2, 0.25) is 0 Å². The molecule has 0 aliphatic carbocycles. The Bertz CT molecular complexity index is 1120. The summed E-state index contributed by atoms with van der Waals surface area (Å²) in [6, 6.07) is 12.3. The zero-order valence-corrected chi connectivity index (χ0v) is 15.7. The fourth-order valence-corrected chi connectivity index (χ4v) is 4.69. The number of nitrogens with zero attached hydrogens (tertiary/aromatic N) is 3. The predicted molar refractivity (Wildman–Crippen MR) is 101 cm³/mol. The SMILES string of the molecule is Cc1ccc(S(=O)(=O)N2CCc3c([nH]n(Cc4ccccn4)c3=O)C2)cc1. The van der Waals surface area contributed by atoms with Crippen molar-refractivity contribution in [2.45, 2.75) is 31.3 Å². The Hall–Kier alpha value is -2.71. The number of H-pyrrole nitrogens is 1. The second kappa shape index (κ2) is 6.79. The molecule has 2 aromatic heterocycles. The third kappa shape index (κ3) is 3.33. The molecule has 0 fully saturated rings. The number of hydrogen-bond donors (Lipinski definition) is 1. The molecule has 0 spiro atoms. The first-order chi connectivity index (χ1) is 12.9. The maximum atomic E-state index is 12.9. The van der Waals surface area contributed by atoms with E-state index in [0.29, 0.717) is 30.8 Å². The van der Waals surface area contributed by atoms with Crippen molar-refractivity contribution in [3.8, 4) is 0 Å². The second-order valence-corrected chi connectivity index (χ2v) is 8.62. The van der Waals surface area contributed by atoms with Crippen LogP contribution in [0.25, 0.3) is 0 Å². The van der Waals surface area contributed by atoms with E-state index in [4.69, 9.17) is 0 Å². The number of sulfonamides is 1. The van der Waals surface area contributed by atoms with E-state index in [0.717, 1.165) is 11.3 Å². The van der Waals surface area contributed by atoms with Gasteiger partial charge in [-0.2, -0.15) is 4.31 Å². The molecule has 4 rings (SSSR count). The lowest BCUT2D eigenvalue weighted by molar-refractivity contribution is 0.386. The van der Waals surface area contributed by atoms with E-state index in [-0.39, 0.29) is 17.0 Å². The van der Waals surface area contributed by atoms with Crippen LogP contribution in [-0.2, 0) is 29.5 Å². The zero-order valence-electron chi connectivity index (χ0n) is 14.9. The van der Waals surface area contributed by atoms with E-state index in [1.54, 1.807) is 30.5 Å². The fourth-order valence-electron chi connectivity index (χ4n) is 3.28. The van der Waals surface area contributed by atoms with Crippen molar-refractivity contribution in [3.63, 3.8) is 0 Å². The van der Waals surface area contributed by atoms with Gasteiger partial charge in [-0.1, -0.05) is 23.8 Å². The Morgan fingerprint density at radius 1 is 1.15 bits per heavy atom. The topological polar surface area (TPSA) is 88.1 Å². The number of aromatic nitrogens is 3. The van der Waals surface area contributed by atoms with Gasteiger partial charge in [-0.05, 0) is 37.6 Å². The summed E-state index contributed by atoms with van der Waals surface area (Å²) in [7, 11) is -3.59. The molecule has 0 amide bonds. The largest absolute Gasteiger partial charge is 0.298 e. The lowest BCUT2D eigenvalue weighted by atomic mass is 10.1. The third-order valence-corrected chi connectivity index (χ3v) is 6.65. The van der Waals surface area contributed by atoms with Crippen molar-refractivity contribution >= 4 is 10.0 Å². The molecule has 0 saturated heterocycles. The van der Waals surface area contributed by atoms with E-state index < -0.39 is 10.0 Å². The number of benzene rings is 1. The smallest absolute Gasteiger partial charge is 0.270 e. The van der Waals surface area contributed by atoms with Crippen LogP contribution in [0, 0.1) is 6.92 Å². The van der Waals surface area contributed by atoms with Crippen LogP contribution in [0.4, 0.5) is 0 Å². The maximum Gasteiger partial charge on any atom is 0.270 e. The van der Waals surface area contributed by atoms with Gasteiger partial charge in [0.15, 0.2) is 0 Å². The molecule has 1 aliphatic heterocycles. The van der Waals surface area contributed by atoms with Crippen molar-refractivity contribution in [3.05, 3.63) is 81.5 Å². The number of fused-ring (bicyclic) bond motifs is 1. The van der Waals surface area contributed by atoms with Gasteiger partial charge in [-0.15, -0.1) is 0 Å². The summed E-state index contributed by atoms with van der Waals surface area (Å²) in [5.41, 5.74) is 2.97. The molecular weight excluding hydrogens is 364 g/mol. The van der Waals surface area contributed by atoms with Crippen molar-refractivity contribution in [1.29, 1.82) is 0 Å². The third-order valence-electron chi connectivity index (χ3n) is 4.79. The molecule has 140 valence electrons. The highest BCUT2D eigenvalue weighted by molar-refractivity contribution is 7.89. The van der Waals surface area contributed by atoms with Gasteiger partial charge in [-0.25, -0.2) is 13.1 Å². The number of nitrogens with one attached hydrogen (secondary N) is 1. The van der Waals surface area contributed by atoms with E-state index in [9.17, 15) is 13.2 Å². The van der Waals surface area contributed by atoms with Crippen molar-refractivity contribution in [2.24, 2.45) is 0 Å². The van der Waals surface area contributed by atoms with Gasteiger partial charge in [0.2, 0.25) is 10.0 Å². The van der Waals surface area contributed by atoms with Gasteiger partial charge < -0.3 is 0 Å². The molecule has 0 atom stereocenters. The molecule has 1 aromatic carbocycles. The quantitative estimate of drug-likeness (QED) is 0.741. The summed E-state index contributed by atoms with van der Waals surface area (Å²) >= 11 is 0. The molecular formula is C19H20N4O3S. The summed E-state index contributed by atoms with van der Waals surface area (Å²) in [5, 5.41) is 3.07. The van der Waals surface area contributed by atoms with Crippen LogP contribution in [0.5, 0.6) is 0 Å². The predicted octanol–water partition coefficient (Wildman–Crippen LogP) is 1.68. The second-order valence-electron chi connectivity index (χ2n) is 6.68. The monoisotopic (exact) mass is 384 g/mol. The lowest BCUT2D eigenvalue weighted by Gasteiger charge is -2.25. The molecule has 27 heavy (non-hydrogen) atoms. The highest BCUT2D eigenvalue weighted by Crippen LogP contribution is 2.23. The normalized spacial score (nSPS) is 14.9. The van der Waals surface area contributed by atoms with Crippen LogP contribution in [0.15, 0.2) is 58.4 Å². The Morgan fingerprint density at radius 2 is 1.93 bits per heavy atom. The highest BCUT2D eigenvalue weighted by atomic mass is 32.2. The molecule has 1 N–H and O–H groups in total. The molecule has 3 aromatic rings. The summed E-state index contributed by atoms with van der Waals surface area (Å²) < 4.78 is 28.7. The van der Waals surface area contributed by atoms with E-state index in [1.165, 1.54) is 8.99 Å². The average molecular weight is 384 g/mol. The molecule has 0 bridgehead atoms. The molecule has 0 radical (unpaired) electrons. The highest BCUT2D eigenvalue weighted by Gasteiger charge is 2.31. The van der Waals surface area contributed by atoms with Crippen molar-refractivity contribution < 1.29 is 8.42 Å². The van der Waals surface area contributed by atoms with Crippen LogP contribution in [-0.4, -0.2) is 34.0 Å². The maximum absolute atomic E-state index is 12.9. The summed E-state index contributed by atoms with van der Waals surface area (Å²) in [6.07, 6.45) is 2.07. The van der Waals surface area contributed by atoms with E-state index in [2.05, 4.69) is 10.1 Å². The fraction of sp³-hybridized carbons (Fsp3) is 0.263. The van der Waals surface area contributed by atoms with Crippen LogP contribution in [0.3, 0.4) is 0 Å². The van der Waals surface area contributed by atoms with Crippen molar-refractivity contribution in [2.75, 3.05) is 6.54 Å². The Morgan fingerprint density at radius 3 is 2.63 bits per heavy atom. The molecule has 0 saturated carbocycles. The molecule has 7 nitrogen and oxygen atoms in total. The first-order valence-corrected chi connectivity index (χ1v) is 10.2. The summed E-state index contributed by atoms with van der Waals surface area (Å²) in [6.45, 7) is 2.70. The van der Waals surface area contributed by atoms with E-state index in [1.807, 2.05) is 25.1 Å². The first kappa shape index (κ1) is 17.7. The number of pyridine rings is 1. The minimum absolute atomic E-state index is 0.108. The molecule has 3 heterocycles. The summed E-state index contributed by atoms with van der Waals surface area (Å²) in [4.78, 5) is 17.1. The van der Waals surface area contributed by atoms with Crippen LogP contribution < -0.4 is 5.56 Å². The number of hydrogen-bond acceptors (Lipinski definition) is 4. The minimum Gasteiger partial charge on any atom is -0.298 e. The van der Waals surface area contributed by atoms with Gasteiger partial charge in [0.1, 0.15) is 0 Å². The number of rotatable bonds is 4. The lowest BCUT2D eigenvalue weighted by Crippen LogP contribution is -2.37. The number of aryl methyl sites for hydroxylation is 1. The minimum atomic E-state index is -3.59. The Labute approximate surface area is 157 Å². The average Bonchev–Trinajstić information content (AvgIpc) is 2.98. The van der Waals surface area contributed by atoms with Gasteiger partial charge in [-0.3, -0.25) is 14.9 Å². The summed E-state index contributed by atoms with van der Waals surface area (Å²) in [5.74, 6) is 0. The molecule has 0 unspecified atom stereocenters. The zero-order chi connectivity index (χ0) is 19.0. The van der Waals surface area contributed by atoms with Gasteiger partial charge in [0.05, 0.1) is 29.4 Å². The Balaban J connectivity index is 1.61. The van der Waals surface area contributed by atoms with Crippen molar-refractivity contribution in [1.82, 2.24) is 19.1 Å². The van der Waals surface area contributed by atoms with Crippen LogP contribution >= 0.6 is 0 Å².